The van der Waals surface area contributed by atoms with Crippen LogP contribution in [-0.2, 0) is 0 Å². The molecule has 1 aromatic rings. The minimum absolute atomic E-state index is 0.237. The minimum Gasteiger partial charge on any atom is -0.323 e. The van der Waals surface area contributed by atoms with Gasteiger partial charge in [0.05, 0.1) is 22.6 Å². The SMILES string of the molecule is N#CC1CCCN1C(=O)c1cc(F)cc([N+](=O)[O-])c1F. The van der Waals surface area contributed by atoms with Gasteiger partial charge in [0.25, 0.3) is 5.91 Å². The molecule has 0 saturated carbocycles. The summed E-state index contributed by atoms with van der Waals surface area (Å²) in [6.45, 7) is 0.237. The predicted molar refractivity (Wildman–Crippen MR) is 62.7 cm³/mol. The molecule has 1 aromatic carbocycles. The van der Waals surface area contributed by atoms with Gasteiger partial charge >= 0.3 is 5.69 Å². The molecule has 1 unspecified atom stereocenters. The average molecular weight is 281 g/mol. The van der Waals surface area contributed by atoms with Gasteiger partial charge in [0.15, 0.2) is 0 Å². The highest BCUT2D eigenvalue weighted by Gasteiger charge is 2.33. The number of carbonyl (C=O) groups is 1. The lowest BCUT2D eigenvalue weighted by Crippen LogP contribution is -2.35. The average Bonchev–Trinajstić information content (AvgIpc) is 2.88. The van der Waals surface area contributed by atoms with Crippen molar-refractivity contribution < 1.29 is 18.5 Å². The molecular weight excluding hydrogens is 272 g/mol. The van der Waals surface area contributed by atoms with Crippen molar-refractivity contribution in [2.75, 3.05) is 6.54 Å². The van der Waals surface area contributed by atoms with Gasteiger partial charge in [-0.2, -0.15) is 9.65 Å². The van der Waals surface area contributed by atoms with Gasteiger partial charge in [-0.15, -0.1) is 0 Å². The van der Waals surface area contributed by atoms with E-state index in [2.05, 4.69) is 0 Å². The number of nitro groups is 1. The first-order valence-electron chi connectivity index (χ1n) is 5.79. The van der Waals surface area contributed by atoms with Crippen molar-refractivity contribution in [2.45, 2.75) is 18.9 Å². The second kappa shape index (κ2) is 5.21. The molecular formula is C12H9F2N3O3. The normalized spacial score (nSPS) is 17.9. The molecule has 1 fully saturated rings. The maximum Gasteiger partial charge on any atom is 0.308 e. The molecule has 0 bridgehead atoms. The summed E-state index contributed by atoms with van der Waals surface area (Å²) in [6.07, 6.45) is 1.02. The molecule has 2 rings (SSSR count). The van der Waals surface area contributed by atoms with E-state index in [1.54, 1.807) is 0 Å². The number of nitriles is 1. The first kappa shape index (κ1) is 13.9. The molecule has 1 aliphatic rings. The fourth-order valence-electron chi connectivity index (χ4n) is 2.16. The molecule has 0 N–H and O–H groups in total. The Morgan fingerprint density at radius 2 is 2.20 bits per heavy atom. The third-order valence-corrected chi connectivity index (χ3v) is 3.11. The van der Waals surface area contributed by atoms with E-state index in [9.17, 15) is 23.7 Å². The lowest BCUT2D eigenvalue weighted by molar-refractivity contribution is -0.387. The monoisotopic (exact) mass is 281 g/mol. The highest BCUT2D eigenvalue weighted by atomic mass is 19.1. The van der Waals surface area contributed by atoms with Crippen molar-refractivity contribution in [2.24, 2.45) is 0 Å². The lowest BCUT2D eigenvalue weighted by Gasteiger charge is -2.19. The van der Waals surface area contributed by atoms with Gasteiger partial charge in [-0.3, -0.25) is 14.9 Å². The van der Waals surface area contributed by atoms with Crippen LogP contribution in [0.2, 0.25) is 0 Å². The summed E-state index contributed by atoms with van der Waals surface area (Å²) in [7, 11) is 0. The van der Waals surface area contributed by atoms with Crippen LogP contribution in [0.15, 0.2) is 12.1 Å². The molecule has 1 atom stereocenters. The van der Waals surface area contributed by atoms with Gasteiger partial charge in [-0.25, -0.2) is 4.39 Å². The quantitative estimate of drug-likeness (QED) is 0.612. The van der Waals surface area contributed by atoms with Gasteiger partial charge in [0, 0.05) is 6.54 Å². The summed E-state index contributed by atoms with van der Waals surface area (Å²) < 4.78 is 27.2. The van der Waals surface area contributed by atoms with Crippen molar-refractivity contribution >= 4 is 11.6 Å². The van der Waals surface area contributed by atoms with Gasteiger partial charge < -0.3 is 4.90 Å². The highest BCUT2D eigenvalue weighted by molar-refractivity contribution is 5.95. The molecule has 20 heavy (non-hydrogen) atoms. The molecule has 0 radical (unpaired) electrons. The number of amides is 1. The van der Waals surface area contributed by atoms with E-state index < -0.39 is 39.8 Å². The summed E-state index contributed by atoms with van der Waals surface area (Å²) in [5.41, 5.74) is -1.82. The number of hydrogen-bond donors (Lipinski definition) is 0. The Labute approximate surface area is 112 Å². The second-order valence-electron chi connectivity index (χ2n) is 4.33. The molecule has 1 aliphatic heterocycles. The van der Waals surface area contributed by atoms with Crippen LogP contribution < -0.4 is 0 Å². The maximum atomic E-state index is 13.9. The second-order valence-corrected chi connectivity index (χ2v) is 4.33. The van der Waals surface area contributed by atoms with E-state index in [1.807, 2.05) is 6.07 Å². The van der Waals surface area contributed by atoms with Crippen molar-refractivity contribution in [1.29, 1.82) is 5.26 Å². The first-order valence-corrected chi connectivity index (χ1v) is 5.79. The zero-order valence-electron chi connectivity index (χ0n) is 10.2. The van der Waals surface area contributed by atoms with Crippen LogP contribution in [0, 0.1) is 33.1 Å². The standard InChI is InChI=1S/C12H9F2N3O3/c13-7-4-9(11(14)10(5-7)17(19)20)12(18)16-3-1-2-8(16)6-15/h4-5,8H,1-3H2. The minimum atomic E-state index is -1.38. The fourth-order valence-corrected chi connectivity index (χ4v) is 2.16. The Morgan fingerprint density at radius 1 is 1.50 bits per heavy atom. The molecule has 6 nitrogen and oxygen atoms in total. The number of carbonyl (C=O) groups excluding carboxylic acids is 1. The Kier molecular flexibility index (Phi) is 3.61. The van der Waals surface area contributed by atoms with Crippen LogP contribution in [0.4, 0.5) is 14.5 Å². The molecule has 0 aliphatic carbocycles. The number of likely N-dealkylation sites (tertiary alicyclic amines) is 1. The van der Waals surface area contributed by atoms with Crippen molar-refractivity contribution in [1.82, 2.24) is 4.90 Å². The summed E-state index contributed by atoms with van der Waals surface area (Å²) in [4.78, 5) is 22.7. The van der Waals surface area contributed by atoms with Crippen molar-refractivity contribution in [3.63, 3.8) is 0 Å². The number of benzene rings is 1. The van der Waals surface area contributed by atoms with Crippen LogP contribution in [0.5, 0.6) is 0 Å². The molecule has 1 heterocycles. The van der Waals surface area contributed by atoms with E-state index in [4.69, 9.17) is 5.26 Å². The van der Waals surface area contributed by atoms with Crippen LogP contribution in [0.25, 0.3) is 0 Å². The zero-order valence-corrected chi connectivity index (χ0v) is 10.2. The van der Waals surface area contributed by atoms with Crippen molar-refractivity contribution in [3.8, 4) is 6.07 Å². The molecule has 104 valence electrons. The molecule has 0 aromatic heterocycles. The molecule has 1 saturated heterocycles. The smallest absolute Gasteiger partial charge is 0.308 e. The van der Waals surface area contributed by atoms with E-state index in [1.165, 1.54) is 0 Å². The fraction of sp³-hybridized carbons (Fsp3) is 0.333. The van der Waals surface area contributed by atoms with E-state index >= 15 is 0 Å². The summed E-state index contributed by atoms with van der Waals surface area (Å²) >= 11 is 0. The third kappa shape index (κ3) is 2.30. The summed E-state index contributed by atoms with van der Waals surface area (Å²) in [5, 5.41) is 19.5. The Morgan fingerprint density at radius 3 is 2.80 bits per heavy atom. The number of halogens is 2. The van der Waals surface area contributed by atoms with Gasteiger partial charge in [-0.05, 0) is 18.9 Å². The van der Waals surface area contributed by atoms with Crippen LogP contribution in [-0.4, -0.2) is 28.3 Å². The van der Waals surface area contributed by atoms with E-state index in [0.29, 0.717) is 25.0 Å². The number of nitrogens with zero attached hydrogens (tertiary/aromatic N) is 3. The Bertz CT molecular complexity index is 627. The lowest BCUT2D eigenvalue weighted by atomic mass is 10.1. The number of hydrogen-bond acceptors (Lipinski definition) is 4. The maximum absolute atomic E-state index is 13.9. The molecule has 8 heteroatoms. The van der Waals surface area contributed by atoms with Gasteiger partial charge in [0.1, 0.15) is 11.9 Å². The van der Waals surface area contributed by atoms with Crippen molar-refractivity contribution in [3.05, 3.63) is 39.4 Å². The van der Waals surface area contributed by atoms with E-state index in [0.717, 1.165) is 4.90 Å². The Hall–Kier alpha value is -2.56. The van der Waals surface area contributed by atoms with Crippen LogP contribution in [0.1, 0.15) is 23.2 Å². The molecule has 0 spiro atoms. The Balaban J connectivity index is 2.45. The predicted octanol–water partition coefficient (Wildman–Crippen LogP) is 2.00. The zero-order chi connectivity index (χ0) is 14.9. The van der Waals surface area contributed by atoms with E-state index in [-0.39, 0.29) is 6.54 Å². The number of rotatable bonds is 2. The highest BCUT2D eigenvalue weighted by Crippen LogP contribution is 2.26. The topological polar surface area (TPSA) is 87.2 Å². The summed E-state index contributed by atoms with van der Waals surface area (Å²) in [5.74, 6) is -3.37. The first-order chi connectivity index (χ1) is 9.45. The summed E-state index contributed by atoms with van der Waals surface area (Å²) in [6, 6.07) is 2.20. The number of nitro benzene ring substituents is 1. The largest absolute Gasteiger partial charge is 0.323 e. The van der Waals surface area contributed by atoms with Crippen LogP contribution >= 0.6 is 0 Å². The third-order valence-electron chi connectivity index (χ3n) is 3.11. The molecule has 1 amide bonds. The van der Waals surface area contributed by atoms with Crippen LogP contribution in [0.3, 0.4) is 0 Å². The van der Waals surface area contributed by atoms with Gasteiger partial charge in [-0.1, -0.05) is 0 Å². The van der Waals surface area contributed by atoms with Gasteiger partial charge in [0.2, 0.25) is 5.82 Å².